The zero-order valence-electron chi connectivity index (χ0n) is 11.1. The van der Waals surface area contributed by atoms with Crippen molar-refractivity contribution in [1.29, 1.82) is 0 Å². The van der Waals surface area contributed by atoms with Crippen LogP contribution in [0.15, 0.2) is 18.2 Å². The summed E-state index contributed by atoms with van der Waals surface area (Å²) in [5.74, 6) is 0. The number of anilines is 2. The predicted molar refractivity (Wildman–Crippen MR) is 74.5 cm³/mol. The summed E-state index contributed by atoms with van der Waals surface area (Å²) < 4.78 is 0. The van der Waals surface area contributed by atoms with Gasteiger partial charge in [-0.3, -0.25) is 4.90 Å². The van der Waals surface area contributed by atoms with Crippen molar-refractivity contribution in [2.75, 3.05) is 36.8 Å². The van der Waals surface area contributed by atoms with Gasteiger partial charge in [0.1, 0.15) is 0 Å². The van der Waals surface area contributed by atoms with Crippen molar-refractivity contribution in [3.63, 3.8) is 0 Å². The second-order valence-corrected chi connectivity index (χ2v) is 4.91. The first-order valence-electron chi connectivity index (χ1n) is 6.47. The SMILES string of the molecule is CCN1CCN(c2cccc(N)c2C)CC1C. The highest BCUT2D eigenvalue weighted by Gasteiger charge is 2.23. The molecule has 1 aromatic carbocycles. The summed E-state index contributed by atoms with van der Waals surface area (Å²) in [5, 5.41) is 0. The molecule has 0 amide bonds. The maximum Gasteiger partial charge on any atom is 0.0417 e. The molecule has 1 saturated heterocycles. The molecule has 1 aromatic rings. The second-order valence-electron chi connectivity index (χ2n) is 4.91. The van der Waals surface area contributed by atoms with Gasteiger partial charge in [-0.1, -0.05) is 13.0 Å². The van der Waals surface area contributed by atoms with Crippen LogP contribution in [-0.2, 0) is 0 Å². The summed E-state index contributed by atoms with van der Waals surface area (Å²) in [6.45, 7) is 11.1. The van der Waals surface area contributed by atoms with Crippen LogP contribution in [0, 0.1) is 6.92 Å². The average Bonchev–Trinajstić information content (AvgIpc) is 2.32. The van der Waals surface area contributed by atoms with Crippen molar-refractivity contribution in [1.82, 2.24) is 4.90 Å². The molecule has 1 heterocycles. The standard InChI is InChI=1S/C14H23N3/c1-4-16-8-9-17(10-11(16)2)14-7-5-6-13(15)12(14)3/h5-7,11H,4,8-10,15H2,1-3H3. The molecule has 0 aromatic heterocycles. The molecular formula is C14H23N3. The first-order chi connectivity index (χ1) is 8.13. The molecule has 1 aliphatic rings. The van der Waals surface area contributed by atoms with Crippen molar-refractivity contribution in [2.45, 2.75) is 26.8 Å². The second kappa shape index (κ2) is 4.96. The van der Waals surface area contributed by atoms with Gasteiger partial charge in [0.25, 0.3) is 0 Å². The first-order valence-corrected chi connectivity index (χ1v) is 6.47. The van der Waals surface area contributed by atoms with E-state index in [0.29, 0.717) is 6.04 Å². The van der Waals surface area contributed by atoms with Crippen LogP contribution in [0.3, 0.4) is 0 Å². The van der Waals surface area contributed by atoms with Crippen LogP contribution in [0.1, 0.15) is 19.4 Å². The lowest BCUT2D eigenvalue weighted by Crippen LogP contribution is -2.51. The van der Waals surface area contributed by atoms with Crippen molar-refractivity contribution < 1.29 is 0 Å². The van der Waals surface area contributed by atoms with Crippen LogP contribution in [0.5, 0.6) is 0 Å². The van der Waals surface area contributed by atoms with Crippen LogP contribution in [0.4, 0.5) is 11.4 Å². The van der Waals surface area contributed by atoms with Crippen molar-refractivity contribution in [3.05, 3.63) is 23.8 Å². The van der Waals surface area contributed by atoms with Gasteiger partial charge in [-0.15, -0.1) is 0 Å². The van der Waals surface area contributed by atoms with Crippen LogP contribution >= 0.6 is 0 Å². The number of rotatable bonds is 2. The summed E-state index contributed by atoms with van der Waals surface area (Å²) in [5.41, 5.74) is 9.39. The highest BCUT2D eigenvalue weighted by atomic mass is 15.3. The van der Waals surface area contributed by atoms with Gasteiger partial charge in [0.05, 0.1) is 0 Å². The maximum absolute atomic E-state index is 5.98. The van der Waals surface area contributed by atoms with Crippen molar-refractivity contribution in [2.24, 2.45) is 0 Å². The smallest absolute Gasteiger partial charge is 0.0417 e. The third kappa shape index (κ3) is 2.39. The molecule has 0 spiro atoms. The number of nitrogen functional groups attached to an aromatic ring is 1. The van der Waals surface area contributed by atoms with Gasteiger partial charge < -0.3 is 10.6 Å². The number of piperazine rings is 1. The fourth-order valence-corrected chi connectivity index (χ4v) is 2.67. The minimum Gasteiger partial charge on any atom is -0.398 e. The highest BCUT2D eigenvalue weighted by molar-refractivity contribution is 5.64. The average molecular weight is 233 g/mol. The number of nitrogens with two attached hydrogens (primary N) is 1. The molecule has 1 fully saturated rings. The van der Waals surface area contributed by atoms with Crippen molar-refractivity contribution >= 4 is 11.4 Å². The molecule has 0 saturated carbocycles. The fraction of sp³-hybridized carbons (Fsp3) is 0.571. The molecule has 1 unspecified atom stereocenters. The molecule has 3 nitrogen and oxygen atoms in total. The summed E-state index contributed by atoms with van der Waals surface area (Å²) >= 11 is 0. The Kier molecular flexibility index (Phi) is 3.57. The molecule has 1 aliphatic heterocycles. The quantitative estimate of drug-likeness (QED) is 0.794. The largest absolute Gasteiger partial charge is 0.398 e. The molecule has 94 valence electrons. The summed E-state index contributed by atoms with van der Waals surface area (Å²) in [6.07, 6.45) is 0. The van der Waals surface area contributed by atoms with E-state index in [-0.39, 0.29) is 0 Å². The van der Waals surface area contributed by atoms with Crippen LogP contribution in [-0.4, -0.2) is 37.1 Å². The van der Waals surface area contributed by atoms with E-state index in [1.807, 2.05) is 6.07 Å². The van der Waals surface area contributed by atoms with E-state index in [4.69, 9.17) is 5.73 Å². The lowest BCUT2D eigenvalue weighted by molar-refractivity contribution is 0.199. The lowest BCUT2D eigenvalue weighted by Gasteiger charge is -2.41. The normalized spacial score (nSPS) is 21.8. The molecule has 0 aliphatic carbocycles. The van der Waals surface area contributed by atoms with Gasteiger partial charge in [-0.05, 0) is 38.1 Å². The first kappa shape index (κ1) is 12.2. The van der Waals surface area contributed by atoms with E-state index in [0.717, 1.165) is 31.9 Å². The van der Waals surface area contributed by atoms with E-state index in [2.05, 4.69) is 42.7 Å². The monoisotopic (exact) mass is 233 g/mol. The van der Waals surface area contributed by atoms with Gasteiger partial charge in [0.15, 0.2) is 0 Å². The van der Waals surface area contributed by atoms with Crippen LogP contribution in [0.2, 0.25) is 0 Å². The van der Waals surface area contributed by atoms with Crippen LogP contribution < -0.4 is 10.6 Å². The zero-order chi connectivity index (χ0) is 12.4. The topological polar surface area (TPSA) is 32.5 Å². The zero-order valence-corrected chi connectivity index (χ0v) is 11.1. The number of benzene rings is 1. The molecule has 17 heavy (non-hydrogen) atoms. The van der Waals surface area contributed by atoms with Gasteiger partial charge in [0.2, 0.25) is 0 Å². The number of hydrogen-bond acceptors (Lipinski definition) is 3. The Morgan fingerprint density at radius 1 is 1.35 bits per heavy atom. The van der Waals surface area contributed by atoms with E-state index in [9.17, 15) is 0 Å². The Morgan fingerprint density at radius 3 is 2.76 bits per heavy atom. The maximum atomic E-state index is 5.98. The fourth-order valence-electron chi connectivity index (χ4n) is 2.67. The lowest BCUT2D eigenvalue weighted by atomic mass is 10.1. The van der Waals surface area contributed by atoms with Gasteiger partial charge >= 0.3 is 0 Å². The Balaban J connectivity index is 2.16. The number of hydrogen-bond donors (Lipinski definition) is 1. The molecule has 2 N–H and O–H groups in total. The Labute approximate surface area is 104 Å². The van der Waals surface area contributed by atoms with E-state index in [1.165, 1.54) is 11.3 Å². The van der Waals surface area contributed by atoms with E-state index >= 15 is 0 Å². The Morgan fingerprint density at radius 2 is 2.12 bits per heavy atom. The van der Waals surface area contributed by atoms with Crippen LogP contribution in [0.25, 0.3) is 0 Å². The molecule has 0 bridgehead atoms. The van der Waals surface area contributed by atoms with Gasteiger partial charge in [0, 0.05) is 37.1 Å². The van der Waals surface area contributed by atoms with Gasteiger partial charge in [-0.25, -0.2) is 0 Å². The number of nitrogens with zero attached hydrogens (tertiary/aromatic N) is 2. The number of likely N-dealkylation sites (N-methyl/N-ethyl adjacent to an activating group) is 1. The summed E-state index contributed by atoms with van der Waals surface area (Å²) in [7, 11) is 0. The summed E-state index contributed by atoms with van der Waals surface area (Å²) in [4.78, 5) is 4.99. The molecule has 3 heteroatoms. The summed E-state index contributed by atoms with van der Waals surface area (Å²) in [6, 6.07) is 6.83. The van der Waals surface area contributed by atoms with E-state index < -0.39 is 0 Å². The van der Waals surface area contributed by atoms with Crippen molar-refractivity contribution in [3.8, 4) is 0 Å². The molecular weight excluding hydrogens is 210 g/mol. The molecule has 0 radical (unpaired) electrons. The van der Waals surface area contributed by atoms with E-state index in [1.54, 1.807) is 0 Å². The minimum absolute atomic E-state index is 0.620. The molecule has 1 atom stereocenters. The highest BCUT2D eigenvalue weighted by Crippen LogP contribution is 2.26. The van der Waals surface area contributed by atoms with Gasteiger partial charge in [-0.2, -0.15) is 0 Å². The Hall–Kier alpha value is -1.22. The molecule has 2 rings (SSSR count). The predicted octanol–water partition coefficient (Wildman–Crippen LogP) is 2.11. The Bertz CT molecular complexity index is 389. The minimum atomic E-state index is 0.620. The third-order valence-electron chi connectivity index (χ3n) is 3.86. The third-order valence-corrected chi connectivity index (χ3v) is 3.86.